The van der Waals surface area contributed by atoms with Crippen molar-refractivity contribution in [2.75, 3.05) is 0 Å². The molecule has 11 heteroatoms. The lowest BCUT2D eigenvalue weighted by molar-refractivity contribution is 0.224. The molecular weight excluding hydrogens is 480 g/mol. The first-order valence-electron chi connectivity index (χ1n) is 10.2. The molecule has 0 amide bonds. The van der Waals surface area contributed by atoms with Gasteiger partial charge < -0.3 is 13.9 Å². The highest BCUT2D eigenvalue weighted by Crippen LogP contribution is 2.44. The Morgan fingerprint density at radius 3 is 1.53 bits per heavy atom. The van der Waals surface area contributed by atoms with Crippen LogP contribution in [0.3, 0.4) is 0 Å². The Morgan fingerprint density at radius 1 is 0.706 bits per heavy atom. The first-order valence-corrected chi connectivity index (χ1v) is 13.2. The molecule has 2 aromatic heterocycles. The van der Waals surface area contributed by atoms with E-state index in [4.69, 9.17) is 8.83 Å². The zero-order chi connectivity index (χ0) is 23.9. The Morgan fingerprint density at radius 2 is 1.15 bits per heavy atom. The van der Waals surface area contributed by atoms with Gasteiger partial charge in [0.2, 0.25) is 20.0 Å². The number of hydrogen-bond donors (Lipinski definition) is 3. The lowest BCUT2D eigenvalue weighted by atomic mass is 10.1. The van der Waals surface area contributed by atoms with Crippen molar-refractivity contribution >= 4 is 20.0 Å². The van der Waals surface area contributed by atoms with Gasteiger partial charge in [-0.2, -0.15) is 0 Å². The average Bonchev–Trinajstić information content (AvgIpc) is 3.58. The van der Waals surface area contributed by atoms with Crippen LogP contribution in [0.25, 0.3) is 11.1 Å². The Hall–Kier alpha value is -3.22. The average molecular weight is 501 g/mol. The molecule has 0 saturated carbocycles. The third-order valence-corrected chi connectivity index (χ3v) is 8.38. The number of rotatable bonds is 8. The van der Waals surface area contributed by atoms with Gasteiger partial charge in [0.15, 0.2) is 0 Å². The molecule has 5 rings (SSSR count). The van der Waals surface area contributed by atoms with Crippen molar-refractivity contribution in [3.05, 3.63) is 95.8 Å². The van der Waals surface area contributed by atoms with E-state index in [1.54, 1.807) is 36.4 Å². The number of furan rings is 2. The number of hydrogen-bond acceptors (Lipinski definition) is 7. The van der Waals surface area contributed by atoms with E-state index >= 15 is 0 Å². The topological polar surface area (TPSA) is 139 Å². The van der Waals surface area contributed by atoms with Crippen LogP contribution < -0.4 is 9.44 Å². The van der Waals surface area contributed by atoms with Crippen LogP contribution in [0.15, 0.2) is 91.8 Å². The smallest absolute Gasteiger partial charge is 0.240 e. The van der Waals surface area contributed by atoms with E-state index in [-0.39, 0.29) is 22.9 Å². The molecule has 34 heavy (non-hydrogen) atoms. The molecule has 4 aromatic rings. The summed E-state index contributed by atoms with van der Waals surface area (Å²) in [5.41, 5.74) is 2.04. The molecule has 1 aliphatic rings. The van der Waals surface area contributed by atoms with Crippen LogP contribution in [0.4, 0.5) is 0 Å². The molecule has 0 fully saturated rings. The molecule has 0 saturated heterocycles. The molecule has 1 aliphatic carbocycles. The van der Waals surface area contributed by atoms with E-state index in [0.717, 1.165) is 0 Å². The van der Waals surface area contributed by atoms with Crippen LogP contribution in [-0.4, -0.2) is 21.9 Å². The van der Waals surface area contributed by atoms with Gasteiger partial charge in [0, 0.05) is 0 Å². The number of aliphatic hydroxyl groups is 1. The van der Waals surface area contributed by atoms with Crippen molar-refractivity contribution in [1.29, 1.82) is 0 Å². The van der Waals surface area contributed by atoms with Crippen LogP contribution >= 0.6 is 0 Å². The summed E-state index contributed by atoms with van der Waals surface area (Å²) in [4.78, 5) is -0.0322. The molecule has 0 radical (unpaired) electrons. The monoisotopic (exact) mass is 500 g/mol. The summed E-state index contributed by atoms with van der Waals surface area (Å²) in [6.07, 6.45) is 1.73. The quantitative estimate of drug-likeness (QED) is 0.338. The summed E-state index contributed by atoms with van der Waals surface area (Å²) in [6, 6.07) is 15.5. The van der Waals surface area contributed by atoms with Gasteiger partial charge in [-0.3, -0.25) is 0 Å². The zero-order valence-electron chi connectivity index (χ0n) is 17.6. The zero-order valence-corrected chi connectivity index (χ0v) is 19.3. The normalized spacial score (nSPS) is 13.7. The van der Waals surface area contributed by atoms with E-state index < -0.39 is 26.2 Å². The maximum atomic E-state index is 12.7. The van der Waals surface area contributed by atoms with Crippen LogP contribution in [0.1, 0.15) is 28.8 Å². The number of fused-ring (bicyclic) bond motifs is 3. The molecule has 176 valence electrons. The molecular formula is C23H20N2O7S2. The van der Waals surface area contributed by atoms with Crippen molar-refractivity contribution in [1.82, 2.24) is 9.44 Å². The summed E-state index contributed by atoms with van der Waals surface area (Å²) in [7, 11) is -7.73. The lowest BCUT2D eigenvalue weighted by Gasteiger charge is -2.10. The third kappa shape index (κ3) is 4.19. The van der Waals surface area contributed by atoms with Gasteiger partial charge in [-0.1, -0.05) is 12.1 Å². The first kappa shape index (κ1) is 22.6. The van der Waals surface area contributed by atoms with E-state index in [1.807, 2.05) is 0 Å². The van der Waals surface area contributed by atoms with Crippen LogP contribution in [0, 0.1) is 0 Å². The standard InChI is InChI=1S/C23H20N2O7S2/c26-23-21-11-17(33(27,28)24-13-15-3-1-9-31-15)5-7-19(21)20-8-6-18(12-22(20)23)34(29,30)25-14-16-4-2-10-32-16/h1-12,23-26H,13-14H2. The molecule has 2 aromatic carbocycles. The minimum Gasteiger partial charge on any atom is -0.468 e. The SMILES string of the molecule is O=S(=O)(NCc1ccco1)c1ccc2c(c1)C(O)c1cc(S(=O)(=O)NCc3ccco3)ccc1-2. The van der Waals surface area contributed by atoms with Gasteiger partial charge >= 0.3 is 0 Å². The molecule has 0 atom stereocenters. The fourth-order valence-corrected chi connectivity index (χ4v) is 5.91. The fraction of sp³-hybridized carbons (Fsp3) is 0.130. The van der Waals surface area contributed by atoms with Gasteiger partial charge in [-0.05, 0) is 70.8 Å². The maximum Gasteiger partial charge on any atom is 0.240 e. The highest BCUT2D eigenvalue weighted by atomic mass is 32.2. The van der Waals surface area contributed by atoms with E-state index in [9.17, 15) is 21.9 Å². The van der Waals surface area contributed by atoms with Crippen molar-refractivity contribution < 1.29 is 30.8 Å². The molecule has 9 nitrogen and oxygen atoms in total. The highest BCUT2D eigenvalue weighted by Gasteiger charge is 2.30. The van der Waals surface area contributed by atoms with Gasteiger partial charge in [-0.15, -0.1) is 0 Å². The Bertz CT molecular complexity index is 1430. The van der Waals surface area contributed by atoms with Crippen LogP contribution in [0.5, 0.6) is 0 Å². The van der Waals surface area contributed by atoms with Crippen molar-refractivity contribution in [2.24, 2.45) is 0 Å². The molecule has 0 aliphatic heterocycles. The predicted molar refractivity (Wildman–Crippen MR) is 121 cm³/mol. The second-order valence-electron chi connectivity index (χ2n) is 7.71. The first-order chi connectivity index (χ1) is 16.2. The largest absolute Gasteiger partial charge is 0.468 e. The number of benzene rings is 2. The highest BCUT2D eigenvalue weighted by molar-refractivity contribution is 7.89. The minimum absolute atomic E-state index is 0.0125. The second kappa shape index (κ2) is 8.53. The summed E-state index contributed by atoms with van der Waals surface area (Å²) in [5.74, 6) is 0.929. The molecule has 2 heterocycles. The van der Waals surface area contributed by atoms with E-state index in [2.05, 4.69) is 9.44 Å². The molecule has 0 spiro atoms. The molecule has 0 unspecified atom stereocenters. The van der Waals surface area contributed by atoms with Crippen molar-refractivity contribution in [3.8, 4) is 11.1 Å². The number of aliphatic hydroxyl groups excluding tert-OH is 1. The number of sulfonamides is 2. The Labute approximate surface area is 196 Å². The van der Waals surface area contributed by atoms with E-state index in [1.165, 1.54) is 36.8 Å². The fourth-order valence-electron chi connectivity index (χ4n) is 3.85. The van der Waals surface area contributed by atoms with Crippen molar-refractivity contribution in [3.63, 3.8) is 0 Å². The lowest BCUT2D eigenvalue weighted by Crippen LogP contribution is -2.23. The molecule has 0 bridgehead atoms. The third-order valence-electron chi connectivity index (χ3n) is 5.58. The van der Waals surface area contributed by atoms with Gasteiger partial charge in [0.25, 0.3) is 0 Å². The van der Waals surface area contributed by atoms with Crippen LogP contribution in [0.2, 0.25) is 0 Å². The number of nitrogens with one attached hydrogen (secondary N) is 2. The second-order valence-corrected chi connectivity index (χ2v) is 11.2. The van der Waals surface area contributed by atoms with Gasteiger partial charge in [0.05, 0.1) is 35.4 Å². The van der Waals surface area contributed by atoms with E-state index in [0.29, 0.717) is 33.8 Å². The van der Waals surface area contributed by atoms with Gasteiger partial charge in [0.1, 0.15) is 17.6 Å². The maximum absolute atomic E-state index is 12.7. The minimum atomic E-state index is -3.86. The summed E-state index contributed by atoms with van der Waals surface area (Å²) in [6.45, 7) is -0.0250. The molecule has 3 N–H and O–H groups in total. The Kier molecular flexibility index (Phi) is 5.66. The van der Waals surface area contributed by atoms with Crippen molar-refractivity contribution in [2.45, 2.75) is 29.0 Å². The summed E-state index contributed by atoms with van der Waals surface area (Å²) >= 11 is 0. The van der Waals surface area contributed by atoms with Gasteiger partial charge in [-0.25, -0.2) is 26.3 Å². The predicted octanol–water partition coefficient (Wildman–Crippen LogP) is 2.89. The Balaban J connectivity index is 1.40. The van der Waals surface area contributed by atoms with Crippen LogP contribution in [-0.2, 0) is 33.1 Å². The summed E-state index contributed by atoms with van der Waals surface area (Å²) in [5, 5.41) is 10.9. The summed E-state index contributed by atoms with van der Waals surface area (Å²) < 4.78 is 66.1.